The van der Waals surface area contributed by atoms with Crippen LogP contribution in [-0.2, 0) is 22.4 Å². The van der Waals surface area contributed by atoms with Crippen molar-refractivity contribution in [3.8, 4) is 28.4 Å². The van der Waals surface area contributed by atoms with Crippen LogP contribution in [0.25, 0.3) is 11.1 Å². The molecule has 0 spiro atoms. The van der Waals surface area contributed by atoms with Crippen LogP contribution >= 0.6 is 0 Å². The minimum absolute atomic E-state index is 0.0769. The monoisotopic (exact) mass is 649 g/mol. The zero-order valence-electron chi connectivity index (χ0n) is 28.6. The van der Waals surface area contributed by atoms with Gasteiger partial charge in [0.2, 0.25) is 28.9 Å². The number of rotatable bonds is 14. The van der Waals surface area contributed by atoms with Gasteiger partial charge in [-0.3, -0.25) is 14.4 Å². The number of aryl methyl sites for hydroxylation is 2. The van der Waals surface area contributed by atoms with Crippen molar-refractivity contribution in [1.29, 1.82) is 0 Å². The first-order valence-corrected chi connectivity index (χ1v) is 16.2. The third-order valence-corrected chi connectivity index (χ3v) is 8.59. The van der Waals surface area contributed by atoms with E-state index >= 15 is 0 Å². The normalized spacial score (nSPS) is 15.0. The molecule has 2 aromatic carbocycles. The fraction of sp³-hybridized carbons (Fsp3) is 0.514. The number of hydrogen-bond acceptors (Lipinski definition) is 10. The summed E-state index contributed by atoms with van der Waals surface area (Å²) in [5.74, 6) is 2.31. The van der Waals surface area contributed by atoms with E-state index in [2.05, 4.69) is 26.1 Å². The van der Waals surface area contributed by atoms with Crippen molar-refractivity contribution in [3.63, 3.8) is 0 Å². The molecule has 0 fully saturated rings. The summed E-state index contributed by atoms with van der Waals surface area (Å²) < 4.78 is 22.5. The molecule has 2 amide bonds. The van der Waals surface area contributed by atoms with E-state index in [1.807, 2.05) is 39.8 Å². The molecule has 1 aliphatic rings. The molecule has 12 nitrogen and oxygen atoms in total. The van der Waals surface area contributed by atoms with Gasteiger partial charge in [0.25, 0.3) is 0 Å². The second-order valence-corrected chi connectivity index (χ2v) is 12.2. The molecule has 0 radical (unpaired) electrons. The Morgan fingerprint density at radius 3 is 2.43 bits per heavy atom. The first-order chi connectivity index (χ1) is 22.5. The third-order valence-electron chi connectivity index (χ3n) is 8.59. The van der Waals surface area contributed by atoms with Crippen LogP contribution in [0.4, 0.5) is 5.69 Å². The predicted octanol–water partition coefficient (Wildman–Crippen LogP) is 4.95. The molecule has 1 heterocycles. The van der Waals surface area contributed by atoms with E-state index in [-0.39, 0.29) is 34.8 Å². The van der Waals surface area contributed by atoms with Gasteiger partial charge in [0.15, 0.2) is 17.3 Å². The second-order valence-electron chi connectivity index (χ2n) is 12.2. The van der Waals surface area contributed by atoms with Gasteiger partial charge in [0.1, 0.15) is 6.04 Å². The van der Waals surface area contributed by atoms with Crippen LogP contribution in [0.2, 0.25) is 0 Å². The van der Waals surface area contributed by atoms with Crippen LogP contribution in [0, 0.1) is 5.92 Å². The minimum Gasteiger partial charge on any atom is -0.493 e. The summed E-state index contributed by atoms with van der Waals surface area (Å²) in [6.45, 7) is 9.84. The summed E-state index contributed by atoms with van der Waals surface area (Å²) >= 11 is 0. The summed E-state index contributed by atoms with van der Waals surface area (Å²) in [5.41, 5.74) is 3.02. The van der Waals surface area contributed by atoms with Gasteiger partial charge in [0.05, 0.1) is 33.1 Å². The van der Waals surface area contributed by atoms with Crippen molar-refractivity contribution in [2.75, 3.05) is 33.2 Å². The molecular formula is C35H47N5O7. The highest BCUT2D eigenvalue weighted by Gasteiger charge is 2.30. The van der Waals surface area contributed by atoms with Crippen LogP contribution in [0.15, 0.2) is 33.6 Å². The van der Waals surface area contributed by atoms with Crippen molar-refractivity contribution in [1.82, 2.24) is 20.8 Å². The smallest absolute Gasteiger partial charge is 0.242 e. The summed E-state index contributed by atoms with van der Waals surface area (Å²) in [7, 11) is 4.67. The molecule has 254 valence electrons. The number of amides is 2. The zero-order valence-corrected chi connectivity index (χ0v) is 28.6. The lowest BCUT2D eigenvalue weighted by Gasteiger charge is -2.24. The highest BCUT2D eigenvalue weighted by atomic mass is 16.5. The molecule has 0 saturated heterocycles. The van der Waals surface area contributed by atoms with Crippen LogP contribution in [0.3, 0.4) is 0 Å². The van der Waals surface area contributed by atoms with Crippen molar-refractivity contribution in [3.05, 3.63) is 57.3 Å². The highest BCUT2D eigenvalue weighted by Crippen LogP contribution is 2.50. The average Bonchev–Trinajstić information content (AvgIpc) is 3.42. The number of methoxy groups -OCH3 is 3. The van der Waals surface area contributed by atoms with Crippen molar-refractivity contribution < 1.29 is 28.3 Å². The number of carbonyl (C=O) groups is 2. The molecule has 1 aliphatic carbocycles. The summed E-state index contributed by atoms with van der Waals surface area (Å²) in [4.78, 5) is 44.0. The molecule has 3 aromatic rings. The number of nitrogens with one attached hydrogen (secondary N) is 3. The maximum atomic E-state index is 13.9. The SMILES string of the molecule is CC[C@@H](C)[C@H](Nc1ccc2c(cc1=O)[C@@H](NC(C)=O)CCc1cc(OC)c(OC)c(OC)c1-2)C(=O)NCCCc1nc(C(C)C)no1. The van der Waals surface area contributed by atoms with Crippen LogP contribution in [-0.4, -0.2) is 55.9 Å². The molecule has 3 N–H and O–H groups in total. The maximum absolute atomic E-state index is 13.9. The van der Waals surface area contributed by atoms with Gasteiger partial charge < -0.3 is 34.7 Å². The number of ether oxygens (including phenoxy) is 3. The Bertz CT molecular complexity index is 1640. The van der Waals surface area contributed by atoms with Crippen LogP contribution in [0.5, 0.6) is 17.2 Å². The van der Waals surface area contributed by atoms with Crippen LogP contribution < -0.4 is 35.6 Å². The number of nitrogens with zero attached hydrogens (tertiary/aromatic N) is 2. The molecule has 0 unspecified atom stereocenters. The van der Waals surface area contributed by atoms with Crippen LogP contribution in [0.1, 0.15) is 88.7 Å². The summed E-state index contributed by atoms with van der Waals surface area (Å²) in [5, 5.41) is 13.3. The number of carbonyl (C=O) groups excluding carboxylic acids is 2. The van der Waals surface area contributed by atoms with E-state index < -0.39 is 12.1 Å². The minimum atomic E-state index is -0.664. The Labute approximate surface area is 276 Å². The number of hydrogen-bond donors (Lipinski definition) is 3. The number of fused-ring (bicyclic) bond motifs is 3. The molecule has 4 rings (SSSR count). The topological polar surface area (TPSA) is 154 Å². The second kappa shape index (κ2) is 15.8. The van der Waals surface area contributed by atoms with Crippen molar-refractivity contribution in [2.24, 2.45) is 5.92 Å². The maximum Gasteiger partial charge on any atom is 0.242 e. The summed E-state index contributed by atoms with van der Waals surface area (Å²) in [6, 6.07) is 5.89. The van der Waals surface area contributed by atoms with Gasteiger partial charge in [-0.2, -0.15) is 4.98 Å². The van der Waals surface area contributed by atoms with E-state index in [9.17, 15) is 14.4 Å². The van der Waals surface area contributed by atoms with E-state index in [0.717, 1.165) is 11.1 Å². The Kier molecular flexibility index (Phi) is 11.8. The van der Waals surface area contributed by atoms with Gasteiger partial charge in [-0.15, -0.1) is 0 Å². The standard InChI is InChI=1S/C35H47N5O7/c1-9-20(4)31(35(43)36-16-10-11-29-39-34(19(2)3)40-47-29)38-26-15-13-23-24(18-27(26)42)25(37-21(5)41)14-12-22-17-28(44-6)32(45-7)33(46-8)30(22)23/h13,15,17-20,25,31H,9-12,14,16H2,1-8H3,(H,36,43)(H,37,41)(H,38,42)/t20-,25+,31+/m1/s1. The lowest BCUT2D eigenvalue weighted by atomic mass is 9.95. The van der Waals surface area contributed by atoms with Crippen molar-refractivity contribution >= 4 is 17.5 Å². The Morgan fingerprint density at radius 2 is 1.81 bits per heavy atom. The molecule has 0 saturated carbocycles. The van der Waals surface area contributed by atoms with Gasteiger partial charge >= 0.3 is 0 Å². The average molecular weight is 650 g/mol. The van der Waals surface area contributed by atoms with Crippen molar-refractivity contribution in [2.45, 2.75) is 84.7 Å². The molecule has 47 heavy (non-hydrogen) atoms. The lowest BCUT2D eigenvalue weighted by molar-refractivity contribution is -0.123. The Hall–Kier alpha value is -4.61. The van der Waals surface area contributed by atoms with Gasteiger partial charge in [0, 0.05) is 31.4 Å². The fourth-order valence-electron chi connectivity index (χ4n) is 5.86. The van der Waals surface area contributed by atoms with E-state index in [4.69, 9.17) is 18.7 Å². The highest BCUT2D eigenvalue weighted by molar-refractivity contribution is 5.86. The molecule has 0 bridgehead atoms. The Balaban J connectivity index is 1.67. The number of anilines is 1. The summed E-state index contributed by atoms with van der Waals surface area (Å²) in [6.07, 6.45) is 3.02. The molecule has 3 atom stereocenters. The third kappa shape index (κ3) is 8.04. The van der Waals surface area contributed by atoms with Gasteiger partial charge in [-0.25, -0.2) is 0 Å². The van der Waals surface area contributed by atoms with Gasteiger partial charge in [-0.1, -0.05) is 45.3 Å². The lowest BCUT2D eigenvalue weighted by Crippen LogP contribution is -2.44. The molecular weight excluding hydrogens is 602 g/mol. The Morgan fingerprint density at radius 1 is 1.06 bits per heavy atom. The van der Waals surface area contributed by atoms with Gasteiger partial charge in [-0.05, 0) is 60.1 Å². The van der Waals surface area contributed by atoms with E-state index in [1.54, 1.807) is 33.5 Å². The quantitative estimate of drug-likeness (QED) is 0.205. The first kappa shape index (κ1) is 35.2. The first-order valence-electron chi connectivity index (χ1n) is 16.2. The largest absolute Gasteiger partial charge is 0.493 e. The number of aromatic nitrogens is 2. The predicted molar refractivity (Wildman–Crippen MR) is 179 cm³/mol. The molecule has 1 aromatic heterocycles. The van der Waals surface area contributed by atoms with E-state index in [0.29, 0.717) is 78.7 Å². The molecule has 12 heteroatoms. The fourth-order valence-corrected chi connectivity index (χ4v) is 5.86. The molecule has 0 aliphatic heterocycles. The van der Waals surface area contributed by atoms with E-state index in [1.165, 1.54) is 6.92 Å². The number of benzene rings is 1. The zero-order chi connectivity index (χ0) is 34.2.